The van der Waals surface area contributed by atoms with Gasteiger partial charge in [0.25, 0.3) is 0 Å². The summed E-state index contributed by atoms with van der Waals surface area (Å²) in [4.78, 5) is 11.0. The zero-order valence-electron chi connectivity index (χ0n) is 17.8. The predicted octanol–water partition coefficient (Wildman–Crippen LogP) is 6.95. The third-order valence-corrected chi connectivity index (χ3v) is 5.29. The number of hydrogen-bond donors (Lipinski definition) is 1. The van der Waals surface area contributed by atoms with E-state index in [0.29, 0.717) is 6.42 Å². The van der Waals surface area contributed by atoms with E-state index in [9.17, 15) is 9.90 Å². The molecule has 0 bridgehead atoms. The minimum absolute atomic E-state index is 0.0637. The molecule has 3 nitrogen and oxygen atoms in total. The number of rotatable bonds is 20. The van der Waals surface area contributed by atoms with E-state index in [1.807, 2.05) is 0 Å². The van der Waals surface area contributed by atoms with E-state index in [1.165, 1.54) is 97.0 Å². The molecule has 3 heteroatoms. The van der Waals surface area contributed by atoms with Crippen molar-refractivity contribution in [1.29, 1.82) is 0 Å². The van der Waals surface area contributed by atoms with E-state index in [1.54, 1.807) is 0 Å². The second kappa shape index (κ2) is 20.7. The summed E-state index contributed by atoms with van der Waals surface area (Å²) < 4.78 is 4.64. The van der Waals surface area contributed by atoms with Crippen molar-refractivity contribution in [3.05, 3.63) is 0 Å². The maximum absolute atomic E-state index is 11.0. The number of carbonyl (C=O) groups is 1. The fourth-order valence-corrected chi connectivity index (χ4v) is 3.47. The number of hydrogen-bond acceptors (Lipinski definition) is 3. The number of carbonyl (C=O) groups excluding carboxylic acids is 1. The van der Waals surface area contributed by atoms with Crippen LogP contribution in [0.25, 0.3) is 0 Å². The Morgan fingerprint density at radius 1 is 0.692 bits per heavy atom. The summed E-state index contributed by atoms with van der Waals surface area (Å²) in [6, 6.07) is 0. The lowest BCUT2D eigenvalue weighted by molar-refractivity contribution is -0.140. The minimum Gasteiger partial charge on any atom is -0.469 e. The lowest BCUT2D eigenvalue weighted by atomic mass is 10.0. The Balaban J connectivity index is 3.15. The average molecular weight is 371 g/mol. The first-order valence-corrected chi connectivity index (χ1v) is 11.5. The largest absolute Gasteiger partial charge is 0.469 e. The van der Waals surface area contributed by atoms with Gasteiger partial charge in [0.15, 0.2) is 0 Å². The molecule has 0 aliphatic heterocycles. The summed E-state index contributed by atoms with van der Waals surface area (Å²) in [5, 5.41) is 10.0. The van der Waals surface area contributed by atoms with Crippen LogP contribution in [0.15, 0.2) is 0 Å². The van der Waals surface area contributed by atoms with E-state index in [0.717, 1.165) is 25.7 Å². The molecule has 0 saturated heterocycles. The van der Waals surface area contributed by atoms with Crippen molar-refractivity contribution in [3.63, 3.8) is 0 Å². The van der Waals surface area contributed by atoms with Gasteiger partial charge >= 0.3 is 5.97 Å². The molecule has 0 aromatic heterocycles. The van der Waals surface area contributed by atoms with Crippen molar-refractivity contribution in [3.8, 4) is 0 Å². The highest BCUT2D eigenvalue weighted by atomic mass is 16.5. The van der Waals surface area contributed by atoms with Gasteiger partial charge in [-0.3, -0.25) is 4.79 Å². The smallest absolute Gasteiger partial charge is 0.305 e. The van der Waals surface area contributed by atoms with Crippen molar-refractivity contribution >= 4 is 5.97 Å². The van der Waals surface area contributed by atoms with Gasteiger partial charge < -0.3 is 9.84 Å². The zero-order valence-corrected chi connectivity index (χ0v) is 17.8. The second-order valence-corrected chi connectivity index (χ2v) is 7.86. The predicted molar refractivity (Wildman–Crippen MR) is 111 cm³/mol. The molecule has 0 radical (unpaired) electrons. The third kappa shape index (κ3) is 19.8. The van der Waals surface area contributed by atoms with Crippen LogP contribution in [0.2, 0.25) is 0 Å². The number of aliphatic hydroxyl groups excluding tert-OH is 1. The summed E-state index contributed by atoms with van der Waals surface area (Å²) in [6.07, 6.45) is 22.7. The maximum atomic E-state index is 11.0. The molecule has 0 spiro atoms. The van der Waals surface area contributed by atoms with Gasteiger partial charge in [-0.2, -0.15) is 0 Å². The molecule has 0 aromatic rings. The highest BCUT2D eigenvalue weighted by molar-refractivity contribution is 5.68. The Labute approximate surface area is 163 Å². The molecule has 0 aromatic carbocycles. The van der Waals surface area contributed by atoms with Gasteiger partial charge in [0.1, 0.15) is 0 Å². The van der Waals surface area contributed by atoms with Crippen LogP contribution in [0.4, 0.5) is 0 Å². The van der Waals surface area contributed by atoms with Crippen molar-refractivity contribution < 1.29 is 14.6 Å². The van der Waals surface area contributed by atoms with Crippen molar-refractivity contribution in [1.82, 2.24) is 0 Å². The Hall–Kier alpha value is -0.570. The fraction of sp³-hybridized carbons (Fsp3) is 0.957. The highest BCUT2D eigenvalue weighted by Crippen LogP contribution is 2.15. The quantitative estimate of drug-likeness (QED) is 0.186. The number of unbranched alkanes of at least 4 members (excludes halogenated alkanes) is 14. The molecule has 0 heterocycles. The third-order valence-electron chi connectivity index (χ3n) is 5.29. The number of ether oxygens (including phenoxy) is 1. The summed E-state index contributed by atoms with van der Waals surface area (Å²) >= 11 is 0. The van der Waals surface area contributed by atoms with Crippen molar-refractivity contribution in [2.45, 2.75) is 135 Å². The van der Waals surface area contributed by atoms with Gasteiger partial charge in [-0.1, -0.05) is 103 Å². The molecular formula is C23H46O3. The van der Waals surface area contributed by atoms with E-state index in [2.05, 4.69) is 11.7 Å². The summed E-state index contributed by atoms with van der Waals surface area (Å²) in [5.41, 5.74) is 0. The normalized spacial score (nSPS) is 12.3. The minimum atomic E-state index is -0.0814. The summed E-state index contributed by atoms with van der Waals surface area (Å²) in [7, 11) is 1.46. The Morgan fingerprint density at radius 3 is 1.50 bits per heavy atom. The SMILES string of the molecule is CCCCCCCCC(O)CCCCCCCCCCCCC(=O)OC. The van der Waals surface area contributed by atoms with Crippen molar-refractivity contribution in [2.75, 3.05) is 7.11 Å². The average Bonchev–Trinajstić information content (AvgIpc) is 2.65. The molecular weight excluding hydrogens is 324 g/mol. The first kappa shape index (κ1) is 25.4. The molecule has 0 aliphatic carbocycles. The van der Waals surface area contributed by atoms with E-state index >= 15 is 0 Å². The van der Waals surface area contributed by atoms with Crippen LogP contribution in [0.1, 0.15) is 129 Å². The van der Waals surface area contributed by atoms with E-state index < -0.39 is 0 Å². The molecule has 26 heavy (non-hydrogen) atoms. The van der Waals surface area contributed by atoms with Crippen LogP contribution in [-0.4, -0.2) is 24.3 Å². The molecule has 0 amide bonds. The molecule has 1 atom stereocenters. The summed E-state index contributed by atoms with van der Waals surface area (Å²) in [6.45, 7) is 2.25. The standard InChI is InChI=1S/C23H46O3/c1-3-4-5-6-13-16-19-22(24)20-17-14-11-9-7-8-10-12-15-18-21-23(25)26-2/h22,24H,3-21H2,1-2H3. The molecule has 156 valence electrons. The van der Waals surface area contributed by atoms with Crippen LogP contribution < -0.4 is 0 Å². The van der Waals surface area contributed by atoms with Crippen LogP contribution in [0.3, 0.4) is 0 Å². The Bertz CT molecular complexity index is 291. The van der Waals surface area contributed by atoms with Gasteiger partial charge in [-0.25, -0.2) is 0 Å². The van der Waals surface area contributed by atoms with Gasteiger partial charge in [-0.05, 0) is 19.3 Å². The first-order chi connectivity index (χ1) is 12.7. The Kier molecular flexibility index (Phi) is 20.3. The number of esters is 1. The highest BCUT2D eigenvalue weighted by Gasteiger charge is 2.03. The zero-order chi connectivity index (χ0) is 19.3. The number of methoxy groups -OCH3 is 1. The topological polar surface area (TPSA) is 46.5 Å². The molecule has 0 rings (SSSR count). The monoisotopic (exact) mass is 370 g/mol. The molecule has 0 aliphatic rings. The van der Waals surface area contributed by atoms with Crippen LogP contribution in [0.5, 0.6) is 0 Å². The lowest BCUT2D eigenvalue weighted by Gasteiger charge is -2.10. The van der Waals surface area contributed by atoms with E-state index in [4.69, 9.17) is 0 Å². The molecule has 1 unspecified atom stereocenters. The van der Waals surface area contributed by atoms with Crippen LogP contribution in [0, 0.1) is 0 Å². The van der Waals surface area contributed by atoms with Gasteiger partial charge in [0.2, 0.25) is 0 Å². The van der Waals surface area contributed by atoms with Crippen molar-refractivity contribution in [2.24, 2.45) is 0 Å². The van der Waals surface area contributed by atoms with Crippen LogP contribution >= 0.6 is 0 Å². The Morgan fingerprint density at radius 2 is 1.08 bits per heavy atom. The van der Waals surface area contributed by atoms with E-state index in [-0.39, 0.29) is 12.1 Å². The molecule has 1 N–H and O–H groups in total. The number of aliphatic hydroxyl groups is 1. The van der Waals surface area contributed by atoms with Crippen LogP contribution in [-0.2, 0) is 9.53 Å². The maximum Gasteiger partial charge on any atom is 0.305 e. The van der Waals surface area contributed by atoms with Gasteiger partial charge in [0.05, 0.1) is 13.2 Å². The summed E-state index contributed by atoms with van der Waals surface area (Å²) in [5.74, 6) is -0.0814. The van der Waals surface area contributed by atoms with Gasteiger partial charge in [0, 0.05) is 6.42 Å². The lowest BCUT2D eigenvalue weighted by Crippen LogP contribution is -2.05. The second-order valence-electron chi connectivity index (χ2n) is 7.86. The molecule has 0 saturated carbocycles. The van der Waals surface area contributed by atoms with Gasteiger partial charge in [-0.15, -0.1) is 0 Å². The molecule has 0 fully saturated rings. The fourth-order valence-electron chi connectivity index (χ4n) is 3.47. The first-order valence-electron chi connectivity index (χ1n) is 11.5.